The van der Waals surface area contributed by atoms with Crippen molar-refractivity contribution in [1.82, 2.24) is 25.1 Å². The Morgan fingerprint density at radius 2 is 1.96 bits per heavy atom. The summed E-state index contributed by atoms with van der Waals surface area (Å²) in [6.45, 7) is 0. The van der Waals surface area contributed by atoms with Crippen LogP contribution in [-0.2, 0) is 12.8 Å². The lowest BCUT2D eigenvalue weighted by Crippen LogP contribution is -1.98. The smallest absolute Gasteiger partial charge is 0.216 e. The van der Waals surface area contributed by atoms with Gasteiger partial charge in [0, 0.05) is 16.8 Å². The number of aromatic nitrogens is 5. The Morgan fingerprint density at radius 3 is 2.75 bits per heavy atom. The van der Waals surface area contributed by atoms with Crippen molar-refractivity contribution in [3.05, 3.63) is 49.8 Å². The van der Waals surface area contributed by atoms with Crippen molar-refractivity contribution in [1.29, 1.82) is 0 Å². The molecule has 0 saturated carbocycles. The molecule has 0 unspecified atom stereocenters. The third-order valence-electron chi connectivity index (χ3n) is 3.97. The summed E-state index contributed by atoms with van der Waals surface area (Å²) in [7, 11) is 0. The van der Waals surface area contributed by atoms with Crippen molar-refractivity contribution in [3.63, 3.8) is 0 Å². The standard InChI is InChI=1S/C15H12Cl2N6S/c16-10-4-2-5-11(17)9(10)7-18-23-14(21-22-15(23)24)13-8-3-1-6-12(8)19-20-13/h2,4-5,7H,1,3,6H2,(H,19,20)(H,22,24). The molecule has 2 N–H and O–H groups in total. The Morgan fingerprint density at radius 1 is 1.17 bits per heavy atom. The summed E-state index contributed by atoms with van der Waals surface area (Å²) in [4.78, 5) is 0. The van der Waals surface area contributed by atoms with Crippen LogP contribution in [0.3, 0.4) is 0 Å². The molecule has 1 aromatic carbocycles. The minimum absolute atomic E-state index is 0.374. The molecule has 0 saturated heterocycles. The van der Waals surface area contributed by atoms with Crippen molar-refractivity contribution in [3.8, 4) is 11.5 Å². The number of hydrogen-bond acceptors (Lipinski definition) is 4. The SMILES string of the molecule is S=c1[nH]nc(-c2n[nH]c3c2CCC3)n1N=Cc1c(Cl)cccc1Cl. The van der Waals surface area contributed by atoms with Crippen LogP contribution in [0.2, 0.25) is 10.0 Å². The van der Waals surface area contributed by atoms with Crippen LogP contribution in [-0.4, -0.2) is 31.3 Å². The van der Waals surface area contributed by atoms with E-state index in [9.17, 15) is 0 Å². The number of nitrogens with zero attached hydrogens (tertiary/aromatic N) is 4. The lowest BCUT2D eigenvalue weighted by atomic mass is 10.2. The van der Waals surface area contributed by atoms with Gasteiger partial charge in [0.05, 0.1) is 16.3 Å². The van der Waals surface area contributed by atoms with Gasteiger partial charge >= 0.3 is 0 Å². The monoisotopic (exact) mass is 378 g/mol. The lowest BCUT2D eigenvalue weighted by Gasteiger charge is -2.02. The van der Waals surface area contributed by atoms with Gasteiger partial charge in [-0.1, -0.05) is 29.3 Å². The minimum atomic E-state index is 0.374. The molecule has 2 heterocycles. The second-order valence-corrected chi connectivity index (χ2v) is 6.63. The molecule has 1 aliphatic rings. The van der Waals surface area contributed by atoms with Gasteiger partial charge in [-0.15, -0.1) is 0 Å². The molecule has 0 radical (unpaired) electrons. The summed E-state index contributed by atoms with van der Waals surface area (Å²) in [5.74, 6) is 0.568. The summed E-state index contributed by atoms with van der Waals surface area (Å²) >= 11 is 17.6. The van der Waals surface area contributed by atoms with Gasteiger partial charge in [-0.3, -0.25) is 5.10 Å². The van der Waals surface area contributed by atoms with E-state index in [0.29, 0.717) is 26.2 Å². The molecule has 9 heteroatoms. The number of nitrogens with one attached hydrogen (secondary N) is 2. The van der Waals surface area contributed by atoms with E-state index in [1.807, 2.05) is 0 Å². The zero-order chi connectivity index (χ0) is 16.7. The highest BCUT2D eigenvalue weighted by molar-refractivity contribution is 7.71. The maximum absolute atomic E-state index is 6.17. The highest BCUT2D eigenvalue weighted by Gasteiger charge is 2.23. The number of aromatic amines is 2. The van der Waals surface area contributed by atoms with Gasteiger partial charge in [-0.2, -0.15) is 20.0 Å². The fourth-order valence-corrected chi connectivity index (χ4v) is 3.48. The van der Waals surface area contributed by atoms with E-state index in [2.05, 4.69) is 25.5 Å². The largest absolute Gasteiger partial charge is 0.282 e. The van der Waals surface area contributed by atoms with Gasteiger partial charge in [0.2, 0.25) is 10.6 Å². The van der Waals surface area contributed by atoms with E-state index >= 15 is 0 Å². The maximum Gasteiger partial charge on any atom is 0.216 e. The number of rotatable bonds is 3. The Bertz CT molecular complexity index is 980. The molecule has 0 atom stereocenters. The van der Waals surface area contributed by atoms with Crippen LogP contribution >= 0.6 is 35.4 Å². The predicted molar refractivity (Wildman–Crippen MR) is 96.5 cm³/mol. The highest BCUT2D eigenvalue weighted by Crippen LogP contribution is 2.29. The highest BCUT2D eigenvalue weighted by atomic mass is 35.5. The molecule has 0 fully saturated rings. The van der Waals surface area contributed by atoms with Crippen LogP contribution in [0.25, 0.3) is 11.5 Å². The molecule has 2 aromatic heterocycles. The molecule has 6 nitrogen and oxygen atoms in total. The second-order valence-electron chi connectivity index (χ2n) is 5.43. The van der Waals surface area contributed by atoms with Crippen LogP contribution in [0, 0.1) is 4.77 Å². The van der Waals surface area contributed by atoms with Crippen LogP contribution in [0.1, 0.15) is 23.2 Å². The van der Waals surface area contributed by atoms with E-state index in [1.165, 1.54) is 10.2 Å². The number of fused-ring (bicyclic) bond motifs is 1. The first-order valence-electron chi connectivity index (χ1n) is 7.37. The lowest BCUT2D eigenvalue weighted by molar-refractivity contribution is 0.844. The zero-order valence-electron chi connectivity index (χ0n) is 12.4. The average Bonchev–Trinajstić information content (AvgIpc) is 3.23. The van der Waals surface area contributed by atoms with Crippen molar-refractivity contribution < 1.29 is 0 Å². The van der Waals surface area contributed by atoms with E-state index in [1.54, 1.807) is 24.4 Å². The number of benzene rings is 1. The van der Waals surface area contributed by atoms with Crippen LogP contribution < -0.4 is 0 Å². The van der Waals surface area contributed by atoms with E-state index in [4.69, 9.17) is 35.4 Å². The molecular formula is C15H12Cl2N6S. The second kappa shape index (κ2) is 6.16. The number of halogens is 2. The third-order valence-corrected chi connectivity index (χ3v) is 4.89. The first-order chi connectivity index (χ1) is 11.6. The first-order valence-corrected chi connectivity index (χ1v) is 8.54. The van der Waals surface area contributed by atoms with E-state index < -0.39 is 0 Å². The third kappa shape index (κ3) is 2.58. The molecule has 1 aliphatic carbocycles. The van der Waals surface area contributed by atoms with Crippen molar-refractivity contribution in [2.45, 2.75) is 19.3 Å². The van der Waals surface area contributed by atoms with Crippen molar-refractivity contribution in [2.75, 3.05) is 0 Å². The predicted octanol–water partition coefficient (Wildman–Crippen LogP) is 4.01. The molecule has 122 valence electrons. The summed E-state index contributed by atoms with van der Waals surface area (Å²) in [6.07, 6.45) is 4.67. The zero-order valence-corrected chi connectivity index (χ0v) is 14.7. The Hall–Kier alpha value is -1.96. The van der Waals surface area contributed by atoms with Crippen LogP contribution in [0.4, 0.5) is 0 Å². The minimum Gasteiger partial charge on any atom is -0.282 e. The van der Waals surface area contributed by atoms with Gasteiger partial charge in [0.25, 0.3) is 0 Å². The van der Waals surface area contributed by atoms with E-state index in [-0.39, 0.29) is 0 Å². The van der Waals surface area contributed by atoms with Crippen LogP contribution in [0.5, 0.6) is 0 Å². The fraction of sp³-hybridized carbons (Fsp3) is 0.200. The molecule has 0 bridgehead atoms. The fourth-order valence-electron chi connectivity index (χ4n) is 2.81. The first kappa shape index (κ1) is 15.6. The Labute approximate surface area is 152 Å². The van der Waals surface area contributed by atoms with Gasteiger partial charge < -0.3 is 0 Å². The van der Waals surface area contributed by atoms with Crippen LogP contribution in [0.15, 0.2) is 23.3 Å². The van der Waals surface area contributed by atoms with Gasteiger partial charge in [-0.05, 0) is 43.6 Å². The van der Waals surface area contributed by atoms with Crippen molar-refractivity contribution >= 4 is 41.6 Å². The molecule has 0 spiro atoms. The molecule has 24 heavy (non-hydrogen) atoms. The number of aryl methyl sites for hydroxylation is 1. The Kier molecular flexibility index (Phi) is 3.99. The van der Waals surface area contributed by atoms with Crippen molar-refractivity contribution in [2.24, 2.45) is 5.10 Å². The molecule has 0 amide bonds. The molecule has 4 rings (SSSR count). The molecule has 3 aromatic rings. The van der Waals surface area contributed by atoms with Gasteiger partial charge in [0.15, 0.2) is 0 Å². The number of hydrogen-bond donors (Lipinski definition) is 2. The molecule has 0 aliphatic heterocycles. The van der Waals surface area contributed by atoms with Gasteiger partial charge in [-0.25, -0.2) is 5.10 Å². The molecular weight excluding hydrogens is 367 g/mol. The average molecular weight is 379 g/mol. The summed E-state index contributed by atoms with van der Waals surface area (Å²) in [6, 6.07) is 5.29. The topological polar surface area (TPSA) is 74.7 Å². The Balaban J connectivity index is 1.78. The summed E-state index contributed by atoms with van der Waals surface area (Å²) in [5.41, 5.74) is 3.74. The normalized spacial score (nSPS) is 13.8. The quantitative estimate of drug-likeness (QED) is 0.533. The summed E-state index contributed by atoms with van der Waals surface area (Å²) in [5, 5.41) is 19.9. The van der Waals surface area contributed by atoms with Gasteiger partial charge in [0.1, 0.15) is 5.69 Å². The number of H-pyrrole nitrogens is 2. The van der Waals surface area contributed by atoms with E-state index in [0.717, 1.165) is 30.7 Å². The maximum atomic E-state index is 6.17. The summed E-state index contributed by atoms with van der Waals surface area (Å²) < 4.78 is 1.91.